The van der Waals surface area contributed by atoms with Crippen LogP contribution >= 0.6 is 0 Å². The lowest BCUT2D eigenvalue weighted by Crippen LogP contribution is -2.26. The Hall–Kier alpha value is -1.36. The molecule has 1 aliphatic carbocycles. The van der Waals surface area contributed by atoms with Crippen LogP contribution in [0.4, 0.5) is 11.6 Å². The number of nitrogen functional groups attached to an aromatic ring is 1. The summed E-state index contributed by atoms with van der Waals surface area (Å²) in [5, 5.41) is 3.50. The van der Waals surface area contributed by atoms with Crippen molar-refractivity contribution in [2.75, 3.05) is 17.7 Å². The van der Waals surface area contributed by atoms with Gasteiger partial charge >= 0.3 is 0 Å². The molecule has 1 heterocycles. The number of anilines is 2. The van der Waals surface area contributed by atoms with Crippen molar-refractivity contribution in [3.8, 4) is 0 Å². The molecular formula is C15H26N4O. The maximum absolute atomic E-state index is 5.83. The summed E-state index contributed by atoms with van der Waals surface area (Å²) in [4.78, 5) is 8.67. The zero-order valence-corrected chi connectivity index (χ0v) is 12.6. The molecule has 0 spiro atoms. The molecule has 5 nitrogen and oxygen atoms in total. The molecule has 1 fully saturated rings. The number of nitrogens with zero attached hydrogens (tertiary/aromatic N) is 2. The van der Waals surface area contributed by atoms with Gasteiger partial charge in [-0.1, -0.05) is 13.3 Å². The molecule has 2 rings (SSSR count). The monoisotopic (exact) mass is 278 g/mol. The van der Waals surface area contributed by atoms with Gasteiger partial charge in [0.2, 0.25) is 0 Å². The Labute approximate surface area is 121 Å². The van der Waals surface area contributed by atoms with Gasteiger partial charge in [0.05, 0.1) is 0 Å². The van der Waals surface area contributed by atoms with Gasteiger partial charge in [0, 0.05) is 18.7 Å². The zero-order chi connectivity index (χ0) is 14.4. The van der Waals surface area contributed by atoms with E-state index in [-0.39, 0.29) is 0 Å². The average Bonchev–Trinajstić information content (AvgIpc) is 2.45. The maximum Gasteiger partial charge on any atom is 0.158 e. The Morgan fingerprint density at radius 2 is 2.00 bits per heavy atom. The Kier molecular flexibility index (Phi) is 5.59. The molecule has 112 valence electrons. The van der Waals surface area contributed by atoms with E-state index in [1.165, 1.54) is 32.1 Å². The molecule has 20 heavy (non-hydrogen) atoms. The fourth-order valence-electron chi connectivity index (χ4n) is 2.77. The molecule has 5 heteroatoms. The molecule has 0 aliphatic heterocycles. The van der Waals surface area contributed by atoms with E-state index in [9.17, 15) is 0 Å². The molecule has 1 aliphatic rings. The van der Waals surface area contributed by atoms with Crippen molar-refractivity contribution in [2.24, 2.45) is 5.92 Å². The Balaban J connectivity index is 1.93. The molecule has 1 aromatic rings. The van der Waals surface area contributed by atoms with E-state index in [4.69, 9.17) is 10.5 Å². The Bertz CT molecular complexity index is 416. The van der Waals surface area contributed by atoms with E-state index in [0.717, 1.165) is 11.7 Å². The van der Waals surface area contributed by atoms with Crippen molar-refractivity contribution in [3.05, 3.63) is 11.9 Å². The number of hydrogen-bond donors (Lipinski definition) is 2. The summed E-state index contributed by atoms with van der Waals surface area (Å²) in [6.45, 7) is 5.31. The fraction of sp³-hybridized carbons (Fsp3) is 0.733. The first kappa shape index (κ1) is 15.0. The van der Waals surface area contributed by atoms with Crippen molar-refractivity contribution < 1.29 is 4.74 Å². The second kappa shape index (κ2) is 7.43. The van der Waals surface area contributed by atoms with E-state index in [2.05, 4.69) is 22.2 Å². The molecule has 0 radical (unpaired) electrons. The molecule has 0 bridgehead atoms. The summed E-state index contributed by atoms with van der Waals surface area (Å²) in [5.41, 5.74) is 5.83. The second-order valence-electron chi connectivity index (χ2n) is 5.50. The first-order valence-electron chi connectivity index (χ1n) is 7.69. The number of hydrogen-bond acceptors (Lipinski definition) is 5. The largest absolute Gasteiger partial charge is 0.384 e. The van der Waals surface area contributed by atoms with E-state index in [0.29, 0.717) is 30.9 Å². The third kappa shape index (κ3) is 4.34. The van der Waals surface area contributed by atoms with Gasteiger partial charge < -0.3 is 15.8 Å². The normalized spacial score (nSPS) is 22.7. The average molecular weight is 278 g/mol. The van der Waals surface area contributed by atoms with E-state index in [1.54, 1.807) is 6.07 Å². The second-order valence-corrected chi connectivity index (χ2v) is 5.50. The molecule has 1 aromatic heterocycles. The van der Waals surface area contributed by atoms with E-state index >= 15 is 0 Å². The van der Waals surface area contributed by atoms with Crippen LogP contribution in [0.25, 0.3) is 0 Å². The lowest BCUT2D eigenvalue weighted by Gasteiger charge is -2.28. The van der Waals surface area contributed by atoms with Crippen LogP contribution in [0.3, 0.4) is 0 Å². The standard InChI is InChI=1S/C15H26N4O/c1-3-11-5-7-12(8-6-11)17-14-9-13(16)18-15(19-14)10-20-4-2/h9,11-12H,3-8,10H2,1-2H3,(H3,16,17,18,19). The zero-order valence-electron chi connectivity index (χ0n) is 12.6. The molecule has 0 unspecified atom stereocenters. The first-order chi connectivity index (χ1) is 9.71. The van der Waals surface area contributed by atoms with Gasteiger partial charge in [-0.05, 0) is 38.5 Å². The van der Waals surface area contributed by atoms with Gasteiger partial charge in [0.15, 0.2) is 5.82 Å². The highest BCUT2D eigenvalue weighted by molar-refractivity contribution is 5.45. The van der Waals surface area contributed by atoms with Gasteiger partial charge in [0.25, 0.3) is 0 Å². The van der Waals surface area contributed by atoms with Gasteiger partial charge in [-0.2, -0.15) is 0 Å². The van der Waals surface area contributed by atoms with Crippen LogP contribution in [0.1, 0.15) is 51.8 Å². The molecule has 0 aromatic carbocycles. The predicted molar refractivity (Wildman–Crippen MR) is 81.4 cm³/mol. The molecule has 1 saturated carbocycles. The quantitative estimate of drug-likeness (QED) is 0.837. The van der Waals surface area contributed by atoms with Crippen molar-refractivity contribution in [2.45, 2.75) is 58.6 Å². The first-order valence-corrected chi connectivity index (χ1v) is 7.69. The summed E-state index contributed by atoms with van der Waals surface area (Å²) < 4.78 is 5.34. The molecule has 0 amide bonds. The van der Waals surface area contributed by atoms with E-state index in [1.807, 2.05) is 6.92 Å². The molecular weight excluding hydrogens is 252 g/mol. The number of rotatable bonds is 6. The highest BCUT2D eigenvalue weighted by atomic mass is 16.5. The third-order valence-corrected chi connectivity index (χ3v) is 4.00. The predicted octanol–water partition coefficient (Wildman–Crippen LogP) is 2.98. The van der Waals surface area contributed by atoms with Crippen LogP contribution in [0.15, 0.2) is 6.07 Å². The fourth-order valence-corrected chi connectivity index (χ4v) is 2.77. The highest BCUT2D eigenvalue weighted by Gasteiger charge is 2.20. The van der Waals surface area contributed by atoms with Crippen molar-refractivity contribution in [3.63, 3.8) is 0 Å². The van der Waals surface area contributed by atoms with Crippen LogP contribution in [0, 0.1) is 5.92 Å². The van der Waals surface area contributed by atoms with Crippen molar-refractivity contribution in [1.29, 1.82) is 0 Å². The van der Waals surface area contributed by atoms with Gasteiger partial charge in [-0.15, -0.1) is 0 Å². The number of aromatic nitrogens is 2. The minimum Gasteiger partial charge on any atom is -0.384 e. The lowest BCUT2D eigenvalue weighted by molar-refractivity contribution is 0.128. The summed E-state index contributed by atoms with van der Waals surface area (Å²) >= 11 is 0. The summed E-state index contributed by atoms with van der Waals surface area (Å²) in [6.07, 6.45) is 6.33. The number of ether oxygens (including phenoxy) is 1. The van der Waals surface area contributed by atoms with Crippen molar-refractivity contribution in [1.82, 2.24) is 9.97 Å². The van der Waals surface area contributed by atoms with Gasteiger partial charge in [-0.25, -0.2) is 9.97 Å². The SMILES string of the molecule is CCOCc1nc(N)cc(NC2CCC(CC)CC2)n1. The Morgan fingerprint density at radius 1 is 1.25 bits per heavy atom. The topological polar surface area (TPSA) is 73.1 Å². The molecule has 0 saturated heterocycles. The van der Waals surface area contributed by atoms with Crippen LogP contribution in [0.2, 0.25) is 0 Å². The van der Waals surface area contributed by atoms with Crippen LogP contribution in [-0.2, 0) is 11.3 Å². The minimum atomic E-state index is 0.415. The third-order valence-electron chi connectivity index (χ3n) is 4.00. The lowest BCUT2D eigenvalue weighted by atomic mass is 9.84. The molecule has 3 N–H and O–H groups in total. The highest BCUT2D eigenvalue weighted by Crippen LogP contribution is 2.28. The van der Waals surface area contributed by atoms with Crippen molar-refractivity contribution >= 4 is 11.6 Å². The molecule has 0 atom stereocenters. The summed E-state index contributed by atoms with van der Waals surface area (Å²) in [6, 6.07) is 2.31. The number of nitrogens with one attached hydrogen (secondary N) is 1. The maximum atomic E-state index is 5.83. The van der Waals surface area contributed by atoms with Gasteiger partial charge in [-0.3, -0.25) is 0 Å². The van der Waals surface area contributed by atoms with E-state index < -0.39 is 0 Å². The van der Waals surface area contributed by atoms with Crippen LogP contribution < -0.4 is 11.1 Å². The smallest absolute Gasteiger partial charge is 0.158 e. The van der Waals surface area contributed by atoms with Gasteiger partial charge in [0.1, 0.15) is 18.2 Å². The Morgan fingerprint density at radius 3 is 2.65 bits per heavy atom. The van der Waals surface area contributed by atoms with Crippen LogP contribution in [0.5, 0.6) is 0 Å². The number of nitrogens with two attached hydrogens (primary N) is 1. The van der Waals surface area contributed by atoms with Crippen LogP contribution in [-0.4, -0.2) is 22.6 Å². The minimum absolute atomic E-state index is 0.415. The summed E-state index contributed by atoms with van der Waals surface area (Å²) in [7, 11) is 0. The summed E-state index contributed by atoms with van der Waals surface area (Å²) in [5.74, 6) is 2.88.